The van der Waals surface area contributed by atoms with Crippen LogP contribution in [0.4, 0.5) is 0 Å². The second kappa shape index (κ2) is 49.1. The summed E-state index contributed by atoms with van der Waals surface area (Å²) >= 11 is 0. The Morgan fingerprint density at radius 3 is 1.33 bits per heavy atom. The van der Waals surface area contributed by atoms with Gasteiger partial charge in [-0.2, -0.15) is 0 Å². The van der Waals surface area contributed by atoms with Crippen molar-refractivity contribution in [3.05, 3.63) is 109 Å². The zero-order chi connectivity index (χ0) is 46.7. The first-order chi connectivity index (χ1) is 31.3. The highest BCUT2D eigenvalue weighted by Gasteiger charge is 2.26. The number of rotatable bonds is 45. The molecule has 64 heavy (non-hydrogen) atoms. The normalized spacial score (nSPS) is 14.1. The number of unbranched alkanes of at least 4 members (excludes halogenated alkanes) is 14. The lowest BCUT2D eigenvalue weighted by Crippen LogP contribution is -2.29. The Morgan fingerprint density at radius 1 is 0.484 bits per heavy atom. The maximum Gasteiger partial charge on any atom is 0.472 e. The van der Waals surface area contributed by atoms with E-state index in [1.54, 1.807) is 0 Å². The smallest absolute Gasteiger partial charge is 0.462 e. The van der Waals surface area contributed by atoms with Gasteiger partial charge in [-0.1, -0.05) is 181 Å². The van der Waals surface area contributed by atoms with E-state index in [1.807, 2.05) is 0 Å². The van der Waals surface area contributed by atoms with E-state index < -0.39 is 32.5 Å². The Hall–Kier alpha value is -3.33. The van der Waals surface area contributed by atoms with Gasteiger partial charge in [0.1, 0.15) is 6.61 Å². The number of allylic oxidation sites excluding steroid dienone is 18. The minimum absolute atomic E-state index is 0.0390. The van der Waals surface area contributed by atoms with Crippen LogP contribution in [0.3, 0.4) is 0 Å². The maximum absolute atomic E-state index is 12.6. The van der Waals surface area contributed by atoms with Gasteiger partial charge in [0.25, 0.3) is 0 Å². The first-order valence-corrected chi connectivity index (χ1v) is 26.4. The van der Waals surface area contributed by atoms with E-state index >= 15 is 0 Å². The molecular formula is C54H90NO8P. The molecule has 0 aliphatic rings. The quantitative estimate of drug-likeness (QED) is 0.0265. The van der Waals surface area contributed by atoms with Crippen LogP contribution in [0.5, 0.6) is 0 Å². The number of ether oxygens (including phenoxy) is 2. The van der Waals surface area contributed by atoms with E-state index in [1.165, 1.54) is 51.4 Å². The molecule has 0 aromatic rings. The van der Waals surface area contributed by atoms with Crippen molar-refractivity contribution in [3.63, 3.8) is 0 Å². The number of phosphoric ester groups is 1. The van der Waals surface area contributed by atoms with E-state index in [4.69, 9.17) is 24.3 Å². The average molecular weight is 912 g/mol. The van der Waals surface area contributed by atoms with Crippen molar-refractivity contribution in [2.75, 3.05) is 26.4 Å². The summed E-state index contributed by atoms with van der Waals surface area (Å²) < 4.78 is 32.8. The van der Waals surface area contributed by atoms with E-state index in [0.29, 0.717) is 12.8 Å². The molecule has 0 heterocycles. The second-order valence-electron chi connectivity index (χ2n) is 15.9. The van der Waals surface area contributed by atoms with Crippen molar-refractivity contribution >= 4 is 19.8 Å². The van der Waals surface area contributed by atoms with E-state index in [0.717, 1.165) is 96.3 Å². The van der Waals surface area contributed by atoms with Crippen LogP contribution in [0.15, 0.2) is 109 Å². The zero-order valence-corrected chi connectivity index (χ0v) is 41.1. The molecule has 0 spiro atoms. The van der Waals surface area contributed by atoms with Gasteiger partial charge in [-0.3, -0.25) is 18.6 Å². The van der Waals surface area contributed by atoms with Gasteiger partial charge in [-0.05, 0) is 103 Å². The van der Waals surface area contributed by atoms with E-state index in [-0.39, 0.29) is 32.6 Å². The van der Waals surface area contributed by atoms with Gasteiger partial charge in [-0.15, -0.1) is 0 Å². The third-order valence-electron chi connectivity index (χ3n) is 9.89. The standard InChI is InChI=1S/C54H90NO8P/c1-3-5-7-9-11-13-15-17-19-21-22-23-24-25-26-27-28-29-30-31-33-35-37-39-41-43-45-47-54(57)63-52(51-62-64(58,59)61-49-48-55)50-60-53(56)46-44-42-40-38-36-34-32-20-18-16-14-12-10-8-6-4-2/h5,7,11,13,17,19-20,22-23,25-26,28-29,31-33,37,39,52H,3-4,6,8-10,12,14-16,18,21,24,27,30,34-36,38,40-51,55H2,1-2H3,(H,58,59)/b7-5-,13-11-,19-17-,23-22-,26-25-,29-28-,32-20-,33-31-,39-37-. The summed E-state index contributed by atoms with van der Waals surface area (Å²) in [5.74, 6) is -0.898. The Labute approximate surface area is 390 Å². The summed E-state index contributed by atoms with van der Waals surface area (Å²) in [7, 11) is -4.40. The number of phosphoric acid groups is 1. The summed E-state index contributed by atoms with van der Waals surface area (Å²) in [4.78, 5) is 35.0. The Kier molecular flexibility index (Phi) is 46.6. The summed E-state index contributed by atoms with van der Waals surface area (Å²) in [6.07, 6.45) is 65.6. The molecule has 0 radical (unpaired) electrons. The first kappa shape index (κ1) is 60.7. The molecule has 0 bridgehead atoms. The van der Waals surface area contributed by atoms with Crippen LogP contribution >= 0.6 is 7.82 Å². The van der Waals surface area contributed by atoms with Crippen molar-refractivity contribution in [3.8, 4) is 0 Å². The van der Waals surface area contributed by atoms with Gasteiger partial charge in [-0.25, -0.2) is 4.57 Å². The molecule has 0 aliphatic carbocycles. The predicted octanol–water partition coefficient (Wildman–Crippen LogP) is 15.1. The van der Waals surface area contributed by atoms with Crippen LogP contribution in [-0.2, 0) is 32.7 Å². The first-order valence-electron chi connectivity index (χ1n) is 24.9. The van der Waals surface area contributed by atoms with Crippen LogP contribution in [0, 0.1) is 0 Å². The fourth-order valence-electron chi connectivity index (χ4n) is 6.23. The Balaban J connectivity index is 4.21. The summed E-state index contributed by atoms with van der Waals surface area (Å²) in [5, 5.41) is 0. The average Bonchev–Trinajstić information content (AvgIpc) is 3.28. The minimum Gasteiger partial charge on any atom is -0.462 e. The molecule has 364 valence electrons. The SMILES string of the molecule is CC/C=C\C/C=C\C/C=C\C/C=C\C/C=C\C/C=C\C/C=C\C/C=C\CCCCC(=O)OC(COC(=O)CCCCCCC/C=C\CCCCCCCCC)COP(=O)(O)OCCN. The monoisotopic (exact) mass is 912 g/mol. The molecule has 0 fully saturated rings. The van der Waals surface area contributed by atoms with Gasteiger partial charge >= 0.3 is 19.8 Å². The number of carbonyl (C=O) groups is 2. The number of esters is 2. The lowest BCUT2D eigenvalue weighted by Gasteiger charge is -2.19. The molecule has 0 saturated carbocycles. The second-order valence-corrected chi connectivity index (χ2v) is 17.4. The van der Waals surface area contributed by atoms with Crippen LogP contribution < -0.4 is 5.73 Å². The molecule has 3 N–H and O–H groups in total. The van der Waals surface area contributed by atoms with Crippen molar-refractivity contribution in [2.24, 2.45) is 5.73 Å². The van der Waals surface area contributed by atoms with Gasteiger partial charge in [0.05, 0.1) is 13.2 Å². The Bertz CT molecular complexity index is 1410. The molecule has 0 amide bonds. The van der Waals surface area contributed by atoms with E-state index in [2.05, 4.69) is 123 Å². The third kappa shape index (κ3) is 48.1. The molecule has 10 heteroatoms. The van der Waals surface area contributed by atoms with Crippen molar-refractivity contribution in [1.82, 2.24) is 0 Å². The van der Waals surface area contributed by atoms with Gasteiger partial charge < -0.3 is 20.1 Å². The Morgan fingerprint density at radius 2 is 0.859 bits per heavy atom. The van der Waals surface area contributed by atoms with E-state index in [9.17, 15) is 19.0 Å². The predicted molar refractivity (Wildman–Crippen MR) is 270 cm³/mol. The molecule has 0 aromatic carbocycles. The fraction of sp³-hybridized carbons (Fsp3) is 0.630. The zero-order valence-electron chi connectivity index (χ0n) is 40.2. The topological polar surface area (TPSA) is 134 Å². The highest BCUT2D eigenvalue weighted by Crippen LogP contribution is 2.43. The molecular weight excluding hydrogens is 822 g/mol. The summed E-state index contributed by atoms with van der Waals surface area (Å²) in [6, 6.07) is 0. The highest BCUT2D eigenvalue weighted by atomic mass is 31.2. The third-order valence-corrected chi connectivity index (χ3v) is 10.9. The van der Waals surface area contributed by atoms with Gasteiger partial charge in [0, 0.05) is 19.4 Å². The lowest BCUT2D eigenvalue weighted by atomic mass is 10.1. The summed E-state index contributed by atoms with van der Waals surface area (Å²) in [6.45, 7) is 3.54. The van der Waals surface area contributed by atoms with Crippen molar-refractivity contribution in [2.45, 2.75) is 193 Å². The minimum atomic E-state index is -4.40. The van der Waals surface area contributed by atoms with Crippen LogP contribution in [0.1, 0.15) is 187 Å². The number of hydrogen-bond donors (Lipinski definition) is 2. The molecule has 0 aromatic heterocycles. The van der Waals surface area contributed by atoms with Gasteiger partial charge in [0.2, 0.25) is 0 Å². The molecule has 0 saturated heterocycles. The van der Waals surface area contributed by atoms with Crippen LogP contribution in [-0.4, -0.2) is 49.3 Å². The molecule has 0 aliphatic heterocycles. The number of hydrogen-bond acceptors (Lipinski definition) is 8. The molecule has 2 unspecified atom stereocenters. The lowest BCUT2D eigenvalue weighted by molar-refractivity contribution is -0.161. The van der Waals surface area contributed by atoms with Crippen LogP contribution in [0.2, 0.25) is 0 Å². The number of nitrogens with two attached hydrogens (primary N) is 1. The van der Waals surface area contributed by atoms with Crippen molar-refractivity contribution in [1.29, 1.82) is 0 Å². The fourth-order valence-corrected chi connectivity index (χ4v) is 7.00. The molecule has 0 rings (SSSR count). The van der Waals surface area contributed by atoms with Crippen LogP contribution in [0.25, 0.3) is 0 Å². The van der Waals surface area contributed by atoms with Gasteiger partial charge in [0.15, 0.2) is 6.10 Å². The maximum atomic E-state index is 12.6. The van der Waals surface area contributed by atoms with Crippen molar-refractivity contribution < 1.29 is 37.6 Å². The largest absolute Gasteiger partial charge is 0.472 e. The number of carbonyl (C=O) groups excluding carboxylic acids is 2. The molecule has 2 atom stereocenters. The highest BCUT2D eigenvalue weighted by molar-refractivity contribution is 7.47. The summed E-state index contributed by atoms with van der Waals surface area (Å²) in [5.41, 5.74) is 5.36. The molecule has 9 nitrogen and oxygen atoms in total.